The summed E-state index contributed by atoms with van der Waals surface area (Å²) in [5.41, 5.74) is -1.35. The maximum atomic E-state index is 12.9. The Balaban J connectivity index is 3.09. The van der Waals surface area contributed by atoms with Crippen LogP contribution < -0.4 is 0 Å². The molecule has 0 saturated carbocycles. The van der Waals surface area contributed by atoms with E-state index in [2.05, 4.69) is 4.98 Å². The summed E-state index contributed by atoms with van der Waals surface area (Å²) in [6.45, 7) is 6.32. The number of benzene rings is 1. The molecular formula is C21H23NO8. The van der Waals surface area contributed by atoms with Gasteiger partial charge in [0.1, 0.15) is 5.56 Å². The Labute approximate surface area is 173 Å². The van der Waals surface area contributed by atoms with Crippen molar-refractivity contribution in [1.29, 1.82) is 0 Å². The van der Waals surface area contributed by atoms with Crippen LogP contribution in [-0.4, -0.2) is 55.3 Å². The minimum atomic E-state index is -0.985. The first kappa shape index (κ1) is 22.8. The highest BCUT2D eigenvalue weighted by molar-refractivity contribution is 6.23. The van der Waals surface area contributed by atoms with E-state index in [-0.39, 0.29) is 48.5 Å². The molecule has 1 aromatic heterocycles. The summed E-state index contributed by atoms with van der Waals surface area (Å²) in [7, 11) is 0. The fraction of sp³-hybridized carbons (Fsp3) is 0.381. The van der Waals surface area contributed by atoms with Crippen molar-refractivity contribution in [3.63, 3.8) is 0 Å². The van der Waals surface area contributed by atoms with Crippen LogP contribution in [0.3, 0.4) is 0 Å². The maximum Gasteiger partial charge on any atom is 0.341 e. The van der Waals surface area contributed by atoms with Crippen molar-refractivity contribution < 1.29 is 38.1 Å². The molecule has 30 heavy (non-hydrogen) atoms. The molecule has 0 aliphatic carbocycles. The zero-order chi connectivity index (χ0) is 22.3. The molecule has 1 aromatic carbocycles. The standard InChI is InChI=1S/C21H23NO8/c1-5-27-18(23)13-12-10-9-11-22-17(12)16(21(26)30-8-4)15(20(25)29-7-3)14(13)19(24)28-6-2/h9-11H,5-8H2,1-4H3. The van der Waals surface area contributed by atoms with Gasteiger partial charge in [-0.15, -0.1) is 0 Å². The number of esters is 4. The summed E-state index contributed by atoms with van der Waals surface area (Å²) in [5, 5.41) is 0.148. The van der Waals surface area contributed by atoms with Crippen molar-refractivity contribution in [2.45, 2.75) is 27.7 Å². The summed E-state index contributed by atoms with van der Waals surface area (Å²) in [5.74, 6) is -3.70. The number of carbonyl (C=O) groups excluding carboxylic acids is 4. The third-order valence-electron chi connectivity index (χ3n) is 3.98. The molecule has 2 rings (SSSR count). The van der Waals surface area contributed by atoms with Gasteiger partial charge in [-0.25, -0.2) is 19.2 Å². The number of carbonyl (C=O) groups is 4. The second-order valence-electron chi connectivity index (χ2n) is 5.78. The number of hydrogen-bond donors (Lipinski definition) is 0. The minimum absolute atomic E-state index is 0.00936. The zero-order valence-corrected chi connectivity index (χ0v) is 17.3. The van der Waals surface area contributed by atoms with E-state index in [9.17, 15) is 19.2 Å². The number of pyridine rings is 1. The second-order valence-corrected chi connectivity index (χ2v) is 5.78. The van der Waals surface area contributed by atoms with Crippen molar-refractivity contribution in [3.05, 3.63) is 40.6 Å². The number of rotatable bonds is 8. The Bertz CT molecular complexity index is 904. The summed E-state index contributed by atoms with van der Waals surface area (Å²) in [4.78, 5) is 55.5. The molecule has 0 aliphatic rings. The van der Waals surface area contributed by atoms with Crippen molar-refractivity contribution in [1.82, 2.24) is 4.98 Å². The minimum Gasteiger partial charge on any atom is -0.462 e. The quantitative estimate of drug-likeness (QED) is 0.472. The highest BCUT2D eigenvalue weighted by Crippen LogP contribution is 2.32. The molecule has 0 bridgehead atoms. The summed E-state index contributed by atoms with van der Waals surface area (Å²) >= 11 is 0. The predicted octanol–water partition coefficient (Wildman–Crippen LogP) is 2.94. The van der Waals surface area contributed by atoms with Gasteiger partial charge in [-0.05, 0) is 33.8 Å². The molecule has 2 aromatic rings. The predicted molar refractivity (Wildman–Crippen MR) is 106 cm³/mol. The number of hydrogen-bond acceptors (Lipinski definition) is 9. The van der Waals surface area contributed by atoms with Crippen LogP contribution in [0.4, 0.5) is 0 Å². The topological polar surface area (TPSA) is 118 Å². The average molecular weight is 417 g/mol. The van der Waals surface area contributed by atoms with Crippen LogP contribution in [0.15, 0.2) is 18.3 Å². The fourth-order valence-corrected chi connectivity index (χ4v) is 2.94. The van der Waals surface area contributed by atoms with Gasteiger partial charge in [-0.1, -0.05) is 6.07 Å². The van der Waals surface area contributed by atoms with Crippen molar-refractivity contribution in [3.8, 4) is 0 Å². The average Bonchev–Trinajstić information content (AvgIpc) is 2.72. The Morgan fingerprint density at radius 2 is 1.07 bits per heavy atom. The lowest BCUT2D eigenvalue weighted by molar-refractivity contribution is 0.0446. The number of aromatic nitrogens is 1. The smallest absolute Gasteiger partial charge is 0.341 e. The molecule has 0 amide bonds. The number of ether oxygens (including phenoxy) is 4. The molecule has 0 radical (unpaired) electrons. The summed E-state index contributed by atoms with van der Waals surface area (Å²) in [6, 6.07) is 3.02. The van der Waals surface area contributed by atoms with E-state index in [1.54, 1.807) is 27.7 Å². The molecular weight excluding hydrogens is 394 g/mol. The second kappa shape index (κ2) is 10.3. The number of nitrogens with zero attached hydrogens (tertiary/aromatic N) is 1. The van der Waals surface area contributed by atoms with Gasteiger partial charge in [-0.2, -0.15) is 0 Å². The summed E-state index contributed by atoms with van der Waals surface area (Å²) in [6.07, 6.45) is 1.39. The van der Waals surface area contributed by atoms with E-state index in [0.29, 0.717) is 0 Å². The first-order valence-corrected chi connectivity index (χ1v) is 9.55. The van der Waals surface area contributed by atoms with E-state index in [1.165, 1.54) is 18.3 Å². The molecule has 1 heterocycles. The van der Waals surface area contributed by atoms with E-state index in [0.717, 1.165) is 0 Å². The van der Waals surface area contributed by atoms with Crippen molar-refractivity contribution in [2.24, 2.45) is 0 Å². The molecule has 9 heteroatoms. The zero-order valence-electron chi connectivity index (χ0n) is 17.3. The lowest BCUT2D eigenvalue weighted by Crippen LogP contribution is -2.25. The van der Waals surface area contributed by atoms with Crippen molar-refractivity contribution >= 4 is 34.8 Å². The Hall–Kier alpha value is -3.49. The van der Waals surface area contributed by atoms with Gasteiger partial charge >= 0.3 is 23.9 Å². The van der Waals surface area contributed by atoms with Gasteiger partial charge in [0, 0.05) is 11.6 Å². The normalized spacial score (nSPS) is 10.4. The Kier molecular flexibility index (Phi) is 7.85. The van der Waals surface area contributed by atoms with Crippen LogP contribution in [0.2, 0.25) is 0 Å². The molecule has 160 valence electrons. The van der Waals surface area contributed by atoms with Crippen LogP contribution in [0.25, 0.3) is 10.9 Å². The van der Waals surface area contributed by atoms with Crippen LogP contribution in [0.1, 0.15) is 69.1 Å². The third kappa shape index (κ3) is 4.40. The van der Waals surface area contributed by atoms with Gasteiger partial charge in [0.05, 0.1) is 48.6 Å². The SMILES string of the molecule is CCOC(=O)c1c(C(=O)OCC)c(C(=O)OCC)c2ncccc2c1C(=O)OCC. The lowest BCUT2D eigenvalue weighted by atomic mass is 9.90. The van der Waals surface area contributed by atoms with Crippen LogP contribution in [-0.2, 0) is 18.9 Å². The largest absolute Gasteiger partial charge is 0.462 e. The van der Waals surface area contributed by atoms with Crippen LogP contribution in [0, 0.1) is 0 Å². The fourth-order valence-electron chi connectivity index (χ4n) is 2.94. The maximum absolute atomic E-state index is 12.9. The molecule has 9 nitrogen and oxygen atoms in total. The summed E-state index contributed by atoms with van der Waals surface area (Å²) < 4.78 is 20.4. The molecule has 0 fully saturated rings. The number of fused-ring (bicyclic) bond motifs is 1. The highest BCUT2D eigenvalue weighted by Gasteiger charge is 2.36. The van der Waals surface area contributed by atoms with Gasteiger partial charge in [0.2, 0.25) is 0 Å². The van der Waals surface area contributed by atoms with E-state index in [1.807, 2.05) is 0 Å². The molecule has 0 N–H and O–H groups in total. The molecule has 0 unspecified atom stereocenters. The van der Waals surface area contributed by atoms with Gasteiger partial charge in [-0.3, -0.25) is 4.98 Å². The van der Waals surface area contributed by atoms with Gasteiger partial charge in [0.15, 0.2) is 0 Å². The Morgan fingerprint density at radius 1 is 0.667 bits per heavy atom. The highest BCUT2D eigenvalue weighted by atomic mass is 16.5. The van der Waals surface area contributed by atoms with Crippen LogP contribution in [0.5, 0.6) is 0 Å². The first-order chi connectivity index (χ1) is 14.4. The molecule has 0 saturated heterocycles. The van der Waals surface area contributed by atoms with Crippen molar-refractivity contribution in [2.75, 3.05) is 26.4 Å². The Morgan fingerprint density at radius 3 is 1.53 bits per heavy atom. The molecule has 0 atom stereocenters. The molecule has 0 spiro atoms. The van der Waals surface area contributed by atoms with E-state index in [4.69, 9.17) is 18.9 Å². The van der Waals surface area contributed by atoms with Gasteiger partial charge in [0.25, 0.3) is 0 Å². The first-order valence-electron chi connectivity index (χ1n) is 9.55. The third-order valence-corrected chi connectivity index (χ3v) is 3.98. The van der Waals surface area contributed by atoms with Gasteiger partial charge < -0.3 is 18.9 Å². The monoisotopic (exact) mass is 417 g/mol. The van der Waals surface area contributed by atoms with Crippen LogP contribution >= 0.6 is 0 Å². The van der Waals surface area contributed by atoms with E-state index < -0.39 is 35.0 Å². The molecule has 0 aliphatic heterocycles. The van der Waals surface area contributed by atoms with E-state index >= 15 is 0 Å². The lowest BCUT2D eigenvalue weighted by Gasteiger charge is -2.18.